The van der Waals surface area contributed by atoms with Crippen LogP contribution in [-0.4, -0.2) is 35.9 Å². The van der Waals surface area contributed by atoms with Crippen LogP contribution in [-0.2, 0) is 9.59 Å². The van der Waals surface area contributed by atoms with Gasteiger partial charge in [-0.2, -0.15) is 0 Å². The fraction of sp³-hybridized carbons (Fsp3) is 0.556. The van der Waals surface area contributed by atoms with Crippen molar-refractivity contribution in [2.24, 2.45) is 5.73 Å². The topological polar surface area (TPSA) is 72.6 Å². The summed E-state index contributed by atoms with van der Waals surface area (Å²) in [6.45, 7) is 5.15. The van der Waals surface area contributed by atoms with E-state index < -0.39 is 0 Å². The second-order valence-corrected chi connectivity index (χ2v) is 6.25. The zero-order valence-electron chi connectivity index (χ0n) is 14.0. The van der Waals surface area contributed by atoms with Crippen LogP contribution >= 0.6 is 0 Å². The number of likely N-dealkylation sites (tertiary alicyclic amines) is 1. The molecule has 0 aromatic heterocycles. The van der Waals surface area contributed by atoms with Crippen molar-refractivity contribution in [3.05, 3.63) is 29.3 Å². The van der Waals surface area contributed by atoms with E-state index in [0.717, 1.165) is 25.0 Å². The molecule has 1 saturated heterocycles. The highest BCUT2D eigenvalue weighted by molar-refractivity contribution is 5.79. The van der Waals surface area contributed by atoms with Gasteiger partial charge in [0, 0.05) is 19.0 Å². The molecule has 0 bridgehead atoms. The van der Waals surface area contributed by atoms with Gasteiger partial charge >= 0.3 is 0 Å². The first-order valence-corrected chi connectivity index (χ1v) is 8.25. The van der Waals surface area contributed by atoms with Crippen molar-refractivity contribution >= 4 is 11.8 Å². The van der Waals surface area contributed by atoms with Gasteiger partial charge in [0.05, 0.1) is 13.0 Å². The molecule has 5 heteroatoms. The Bertz CT molecular complexity index is 571. The van der Waals surface area contributed by atoms with E-state index in [1.54, 1.807) is 4.90 Å². The summed E-state index contributed by atoms with van der Waals surface area (Å²) in [5.41, 5.74) is 7.68. The summed E-state index contributed by atoms with van der Waals surface area (Å²) in [4.78, 5) is 25.4. The molecule has 0 radical (unpaired) electrons. The number of hydrogen-bond donors (Lipinski definition) is 1. The third-order valence-corrected chi connectivity index (χ3v) is 4.45. The summed E-state index contributed by atoms with van der Waals surface area (Å²) in [5, 5.41) is 0. The van der Waals surface area contributed by atoms with Gasteiger partial charge in [-0.1, -0.05) is 6.07 Å². The van der Waals surface area contributed by atoms with Crippen LogP contribution in [0.4, 0.5) is 0 Å². The number of carbonyl (C=O) groups excluding carboxylic acids is 2. The monoisotopic (exact) mass is 318 g/mol. The van der Waals surface area contributed by atoms with Crippen LogP contribution in [0.3, 0.4) is 0 Å². The van der Waals surface area contributed by atoms with Gasteiger partial charge in [0.1, 0.15) is 5.75 Å². The van der Waals surface area contributed by atoms with E-state index in [4.69, 9.17) is 10.5 Å². The van der Waals surface area contributed by atoms with Gasteiger partial charge in [-0.3, -0.25) is 9.59 Å². The predicted molar refractivity (Wildman–Crippen MR) is 89.2 cm³/mol. The molecule has 1 aliphatic heterocycles. The number of piperidine rings is 1. The highest BCUT2D eigenvalue weighted by Gasteiger charge is 2.27. The molecule has 0 aliphatic carbocycles. The number of nitrogens with two attached hydrogens (primary N) is 1. The summed E-state index contributed by atoms with van der Waals surface area (Å²) in [7, 11) is 0. The minimum atomic E-state index is -0.346. The van der Waals surface area contributed by atoms with E-state index in [1.165, 1.54) is 11.1 Å². The van der Waals surface area contributed by atoms with Crippen LogP contribution < -0.4 is 10.5 Å². The molecule has 23 heavy (non-hydrogen) atoms. The lowest BCUT2D eigenvalue weighted by Gasteiger charge is -2.35. The van der Waals surface area contributed by atoms with Gasteiger partial charge in [-0.15, -0.1) is 0 Å². The first kappa shape index (κ1) is 17.3. The van der Waals surface area contributed by atoms with Gasteiger partial charge in [0.25, 0.3) is 0 Å². The smallest absolute Gasteiger partial charge is 0.226 e. The van der Waals surface area contributed by atoms with Crippen molar-refractivity contribution in [2.75, 3.05) is 13.2 Å². The highest BCUT2D eigenvalue weighted by Crippen LogP contribution is 2.21. The second kappa shape index (κ2) is 7.99. The van der Waals surface area contributed by atoms with E-state index in [2.05, 4.69) is 6.92 Å². The molecule has 5 nitrogen and oxygen atoms in total. The Morgan fingerprint density at radius 2 is 2.04 bits per heavy atom. The SMILES string of the molecule is Cc1ccc(OCCC(=O)N2CCCCC2CC(N)=O)cc1C. The quantitative estimate of drug-likeness (QED) is 0.875. The summed E-state index contributed by atoms with van der Waals surface area (Å²) in [6, 6.07) is 5.87. The Morgan fingerprint density at radius 1 is 1.26 bits per heavy atom. The fourth-order valence-electron chi connectivity index (χ4n) is 2.98. The van der Waals surface area contributed by atoms with Gasteiger partial charge in [0.15, 0.2) is 0 Å². The Hall–Kier alpha value is -2.04. The largest absolute Gasteiger partial charge is 0.493 e. The number of nitrogens with zero attached hydrogens (tertiary/aromatic N) is 1. The molecule has 1 aromatic rings. The number of hydrogen-bond acceptors (Lipinski definition) is 3. The fourth-order valence-corrected chi connectivity index (χ4v) is 2.98. The van der Waals surface area contributed by atoms with Gasteiger partial charge in [0.2, 0.25) is 11.8 Å². The molecule has 2 amide bonds. The average molecular weight is 318 g/mol. The standard InChI is InChI=1S/C18H26N2O3/c1-13-6-7-16(11-14(13)2)23-10-8-18(22)20-9-4-3-5-15(20)12-17(19)21/h6-7,11,15H,3-5,8-10,12H2,1-2H3,(H2,19,21). The maximum absolute atomic E-state index is 12.4. The number of benzene rings is 1. The number of rotatable bonds is 6. The lowest BCUT2D eigenvalue weighted by molar-refractivity contribution is -0.136. The van der Waals surface area contributed by atoms with E-state index in [0.29, 0.717) is 19.6 Å². The second-order valence-electron chi connectivity index (χ2n) is 6.25. The maximum Gasteiger partial charge on any atom is 0.226 e. The molecular weight excluding hydrogens is 292 g/mol. The van der Waals surface area contributed by atoms with Crippen molar-refractivity contribution in [3.63, 3.8) is 0 Å². The molecule has 126 valence electrons. The van der Waals surface area contributed by atoms with Crippen LogP contribution in [0.1, 0.15) is 43.2 Å². The zero-order chi connectivity index (χ0) is 16.8. The van der Waals surface area contributed by atoms with Crippen LogP contribution in [0, 0.1) is 13.8 Å². The minimum Gasteiger partial charge on any atom is -0.493 e. The van der Waals surface area contributed by atoms with E-state index in [9.17, 15) is 9.59 Å². The third kappa shape index (κ3) is 4.98. The number of amides is 2. The Morgan fingerprint density at radius 3 is 2.74 bits per heavy atom. The third-order valence-electron chi connectivity index (χ3n) is 4.45. The summed E-state index contributed by atoms with van der Waals surface area (Å²) >= 11 is 0. The first-order chi connectivity index (χ1) is 11.0. The van der Waals surface area contributed by atoms with Crippen LogP contribution in [0.2, 0.25) is 0 Å². The maximum atomic E-state index is 12.4. The molecular formula is C18H26N2O3. The predicted octanol–water partition coefficient (Wildman–Crippen LogP) is 2.33. The molecule has 1 atom stereocenters. The molecule has 2 N–H and O–H groups in total. The van der Waals surface area contributed by atoms with Crippen LogP contribution in [0.25, 0.3) is 0 Å². The van der Waals surface area contributed by atoms with Crippen LogP contribution in [0.5, 0.6) is 5.75 Å². The number of carbonyl (C=O) groups is 2. The Labute approximate surface area is 137 Å². The van der Waals surface area contributed by atoms with Crippen molar-refractivity contribution in [1.82, 2.24) is 4.90 Å². The lowest BCUT2D eigenvalue weighted by atomic mass is 9.98. The van der Waals surface area contributed by atoms with E-state index in [-0.39, 0.29) is 24.3 Å². The van der Waals surface area contributed by atoms with Crippen molar-refractivity contribution in [1.29, 1.82) is 0 Å². The van der Waals surface area contributed by atoms with Crippen molar-refractivity contribution in [2.45, 2.75) is 52.0 Å². The Balaban J connectivity index is 1.85. The van der Waals surface area contributed by atoms with Crippen molar-refractivity contribution < 1.29 is 14.3 Å². The average Bonchev–Trinajstić information content (AvgIpc) is 2.50. The van der Waals surface area contributed by atoms with Gasteiger partial charge in [-0.25, -0.2) is 0 Å². The van der Waals surface area contributed by atoms with E-state index in [1.807, 2.05) is 25.1 Å². The normalized spacial score (nSPS) is 17.8. The lowest BCUT2D eigenvalue weighted by Crippen LogP contribution is -2.45. The molecule has 1 fully saturated rings. The molecule has 1 aliphatic rings. The number of aryl methyl sites for hydroxylation is 2. The molecule has 0 saturated carbocycles. The molecule has 0 spiro atoms. The van der Waals surface area contributed by atoms with Gasteiger partial charge < -0.3 is 15.4 Å². The number of primary amides is 1. The summed E-state index contributed by atoms with van der Waals surface area (Å²) in [6.07, 6.45) is 3.46. The number of ether oxygens (including phenoxy) is 1. The van der Waals surface area contributed by atoms with E-state index >= 15 is 0 Å². The minimum absolute atomic E-state index is 0.0415. The molecule has 1 unspecified atom stereocenters. The van der Waals surface area contributed by atoms with Crippen molar-refractivity contribution in [3.8, 4) is 5.75 Å². The highest BCUT2D eigenvalue weighted by atomic mass is 16.5. The van der Waals surface area contributed by atoms with Crippen LogP contribution in [0.15, 0.2) is 18.2 Å². The molecule has 2 rings (SSSR count). The Kier molecular flexibility index (Phi) is 6.02. The van der Waals surface area contributed by atoms with Gasteiger partial charge in [-0.05, 0) is 56.4 Å². The molecule has 1 heterocycles. The summed E-state index contributed by atoms with van der Waals surface area (Å²) < 4.78 is 5.68. The first-order valence-electron chi connectivity index (χ1n) is 8.25. The zero-order valence-corrected chi connectivity index (χ0v) is 14.0. The molecule has 1 aromatic carbocycles. The summed E-state index contributed by atoms with van der Waals surface area (Å²) in [5.74, 6) is 0.481.